The fourth-order valence-corrected chi connectivity index (χ4v) is 6.26. The van der Waals surface area contributed by atoms with Gasteiger partial charge in [-0.1, -0.05) is 46.3 Å². The Hall–Kier alpha value is -3.75. The van der Waals surface area contributed by atoms with E-state index in [2.05, 4.69) is 28.1 Å². The summed E-state index contributed by atoms with van der Waals surface area (Å²) in [4.78, 5) is 18.9. The van der Waals surface area contributed by atoms with Gasteiger partial charge in [0.25, 0.3) is 0 Å². The normalized spacial score (nSPS) is 13.6. The van der Waals surface area contributed by atoms with Gasteiger partial charge in [0.15, 0.2) is 6.10 Å². The van der Waals surface area contributed by atoms with E-state index in [4.69, 9.17) is 23.9 Å². The average molecular weight is 705 g/mol. The summed E-state index contributed by atoms with van der Waals surface area (Å²) in [6, 6.07) is 20.6. The number of nitrogens with zero attached hydrogens (tertiary/aromatic N) is 1. The number of pyridine rings is 1. The fourth-order valence-electron chi connectivity index (χ4n) is 5.85. The van der Waals surface area contributed by atoms with Gasteiger partial charge in [-0.3, -0.25) is 4.98 Å². The van der Waals surface area contributed by atoms with Crippen LogP contribution in [0.4, 0.5) is 4.39 Å². The number of halogens is 2. The van der Waals surface area contributed by atoms with Crippen molar-refractivity contribution in [1.82, 2.24) is 4.98 Å². The number of benzene rings is 3. The van der Waals surface area contributed by atoms with Crippen molar-refractivity contribution >= 4 is 21.9 Å². The summed E-state index contributed by atoms with van der Waals surface area (Å²) in [5.74, 6) is 0.903. The molecule has 1 aliphatic rings. The maximum atomic E-state index is 13.8. The van der Waals surface area contributed by atoms with Crippen LogP contribution in [0, 0.1) is 12.7 Å². The minimum Gasteiger partial charge on any atom is -0.493 e. The first-order valence-electron chi connectivity index (χ1n) is 16.1. The number of aromatic nitrogens is 1. The summed E-state index contributed by atoms with van der Waals surface area (Å²) in [6.45, 7) is 12.6. The molecule has 0 spiro atoms. The Morgan fingerprint density at radius 2 is 1.70 bits per heavy atom. The largest absolute Gasteiger partial charge is 0.493 e. The van der Waals surface area contributed by atoms with Crippen LogP contribution in [0.2, 0.25) is 0 Å². The first-order valence-corrected chi connectivity index (χ1v) is 17.3. The molecular weight excluding hydrogens is 661 g/mol. The van der Waals surface area contributed by atoms with Crippen LogP contribution in [0.25, 0.3) is 22.3 Å². The highest BCUT2D eigenvalue weighted by atomic mass is 79.9. The van der Waals surface area contributed by atoms with Crippen LogP contribution in [0.3, 0.4) is 0 Å². The highest BCUT2D eigenvalue weighted by Crippen LogP contribution is 2.45. The fraction of sp³-hybridized carbons (Fsp3) is 0.385. The predicted molar refractivity (Wildman–Crippen MR) is 187 cm³/mol. The predicted octanol–water partition coefficient (Wildman–Crippen LogP) is 9.51. The molecule has 0 unspecified atom stereocenters. The molecule has 2 heterocycles. The molecule has 0 N–H and O–H groups in total. The third-order valence-corrected chi connectivity index (χ3v) is 8.37. The van der Waals surface area contributed by atoms with Gasteiger partial charge in [-0.2, -0.15) is 0 Å². The van der Waals surface area contributed by atoms with Crippen molar-refractivity contribution in [1.29, 1.82) is 0 Å². The molecule has 0 saturated heterocycles. The Labute approximate surface area is 285 Å². The lowest BCUT2D eigenvalue weighted by Gasteiger charge is -2.31. The molecule has 6 nitrogen and oxygen atoms in total. The Balaban J connectivity index is 1.63. The summed E-state index contributed by atoms with van der Waals surface area (Å²) in [5, 5.41) is 0.502. The molecule has 0 aliphatic carbocycles. The van der Waals surface area contributed by atoms with E-state index in [1.165, 1.54) is 12.1 Å². The van der Waals surface area contributed by atoms with E-state index < -0.39 is 17.7 Å². The highest BCUT2D eigenvalue weighted by molar-refractivity contribution is 9.08. The number of ether oxygens (including phenoxy) is 4. The minimum atomic E-state index is -1.01. The highest BCUT2D eigenvalue weighted by Gasteiger charge is 2.35. The zero-order valence-corrected chi connectivity index (χ0v) is 29.6. The van der Waals surface area contributed by atoms with Crippen molar-refractivity contribution in [2.75, 3.05) is 13.2 Å². The molecule has 0 amide bonds. The van der Waals surface area contributed by atoms with Crippen molar-refractivity contribution in [2.45, 2.75) is 83.9 Å². The van der Waals surface area contributed by atoms with Crippen LogP contribution in [0.5, 0.6) is 11.5 Å². The third kappa shape index (κ3) is 8.59. The van der Waals surface area contributed by atoms with Gasteiger partial charge >= 0.3 is 5.97 Å². The van der Waals surface area contributed by atoms with E-state index in [1.54, 1.807) is 12.1 Å². The van der Waals surface area contributed by atoms with E-state index in [9.17, 15) is 9.18 Å². The van der Waals surface area contributed by atoms with Gasteiger partial charge < -0.3 is 18.9 Å². The lowest BCUT2D eigenvalue weighted by molar-refractivity contribution is -0.171. The van der Waals surface area contributed by atoms with Gasteiger partial charge in [0, 0.05) is 28.6 Å². The number of carbonyl (C=O) groups is 1. The molecule has 3 aromatic carbocycles. The molecule has 47 heavy (non-hydrogen) atoms. The third-order valence-electron chi connectivity index (χ3n) is 7.84. The minimum absolute atomic E-state index is 0.252. The number of rotatable bonds is 11. The van der Waals surface area contributed by atoms with Crippen molar-refractivity contribution in [3.63, 3.8) is 0 Å². The maximum absolute atomic E-state index is 13.8. The van der Waals surface area contributed by atoms with Crippen LogP contribution >= 0.6 is 15.9 Å². The summed E-state index contributed by atoms with van der Waals surface area (Å²) >= 11 is 3.70. The van der Waals surface area contributed by atoms with E-state index in [0.717, 1.165) is 63.4 Å². The van der Waals surface area contributed by atoms with Gasteiger partial charge in [-0.15, -0.1) is 0 Å². The monoisotopic (exact) mass is 703 g/mol. The molecular formula is C39H43BrFNO5. The number of hydrogen-bond acceptors (Lipinski definition) is 6. The Kier molecular flexibility index (Phi) is 11.0. The van der Waals surface area contributed by atoms with E-state index >= 15 is 0 Å². The molecule has 1 atom stereocenters. The molecule has 5 rings (SSSR count). The molecule has 0 saturated carbocycles. The maximum Gasteiger partial charge on any atom is 0.340 e. The summed E-state index contributed by atoms with van der Waals surface area (Å²) in [5.41, 5.74) is 7.36. The molecule has 0 bridgehead atoms. The van der Waals surface area contributed by atoms with E-state index in [-0.39, 0.29) is 11.9 Å². The lowest BCUT2D eigenvalue weighted by Crippen LogP contribution is -2.31. The van der Waals surface area contributed by atoms with Crippen LogP contribution < -0.4 is 9.47 Å². The lowest BCUT2D eigenvalue weighted by atomic mass is 9.85. The second-order valence-corrected chi connectivity index (χ2v) is 13.6. The topological polar surface area (TPSA) is 66.9 Å². The number of hydrogen-bond donors (Lipinski definition) is 0. The Morgan fingerprint density at radius 3 is 2.36 bits per heavy atom. The second kappa shape index (κ2) is 15.0. The number of fused-ring (bicyclic) bond motifs is 1. The number of esters is 1. The van der Waals surface area contributed by atoms with Gasteiger partial charge in [0.2, 0.25) is 0 Å². The van der Waals surface area contributed by atoms with Gasteiger partial charge in [0.1, 0.15) is 17.3 Å². The van der Waals surface area contributed by atoms with Crippen LogP contribution in [-0.2, 0) is 32.4 Å². The molecule has 0 fully saturated rings. The van der Waals surface area contributed by atoms with Gasteiger partial charge in [-0.25, -0.2) is 9.18 Å². The first-order chi connectivity index (χ1) is 22.4. The van der Waals surface area contributed by atoms with Crippen LogP contribution in [-0.4, -0.2) is 35.9 Å². The van der Waals surface area contributed by atoms with Crippen molar-refractivity contribution in [3.05, 3.63) is 101 Å². The van der Waals surface area contributed by atoms with Gasteiger partial charge in [-0.05, 0) is 119 Å². The van der Waals surface area contributed by atoms with Gasteiger partial charge in [0.05, 0.1) is 30.6 Å². The number of aryl methyl sites for hydroxylation is 2. The smallest absolute Gasteiger partial charge is 0.340 e. The van der Waals surface area contributed by atoms with E-state index in [1.807, 2.05) is 71.9 Å². The summed E-state index contributed by atoms with van der Waals surface area (Å²) in [7, 11) is 0. The molecule has 4 aromatic rings. The SMILES string of the molecule is Cc1nc(CBr)c(-c2ccc(OCCc3ccc(F)cc3)cc2)c(-c2ccc3c(c2)CCCO3)c1[C@H](OC(C)(C)C)C(=O)OC(C)C. The molecule has 8 heteroatoms. The average Bonchev–Trinajstić information content (AvgIpc) is 3.03. The molecule has 248 valence electrons. The number of alkyl halides is 1. The molecule has 0 radical (unpaired) electrons. The second-order valence-electron chi connectivity index (χ2n) is 13.1. The summed E-state index contributed by atoms with van der Waals surface area (Å²) in [6.07, 6.45) is 1.18. The van der Waals surface area contributed by atoms with Crippen molar-refractivity contribution < 1.29 is 28.1 Å². The number of carbonyl (C=O) groups excluding carboxylic acids is 1. The first kappa shape index (κ1) is 34.6. The quantitative estimate of drug-likeness (QED) is 0.115. The Morgan fingerprint density at radius 1 is 1.00 bits per heavy atom. The Bertz CT molecular complexity index is 1700. The standard InChI is InChI=1S/C39H43BrFNO5/c1-24(2)46-38(43)37(47-39(4,5)6)34-25(3)42-32(23-40)35(36(34)29-13-18-33-28(22-29)8-7-20-45-33)27-11-16-31(17-12-27)44-21-19-26-9-14-30(41)15-10-26/h9-18,22,24,37H,7-8,19-21,23H2,1-6H3/t37-/m0/s1. The van der Waals surface area contributed by atoms with Crippen LogP contribution in [0.15, 0.2) is 66.7 Å². The van der Waals surface area contributed by atoms with E-state index in [0.29, 0.717) is 36.2 Å². The molecule has 1 aromatic heterocycles. The van der Waals surface area contributed by atoms with Crippen molar-refractivity contribution in [2.24, 2.45) is 0 Å². The van der Waals surface area contributed by atoms with Crippen LogP contribution in [0.1, 0.15) is 75.2 Å². The zero-order chi connectivity index (χ0) is 33.7. The van der Waals surface area contributed by atoms with Crippen molar-refractivity contribution in [3.8, 4) is 33.8 Å². The molecule has 1 aliphatic heterocycles. The zero-order valence-electron chi connectivity index (χ0n) is 28.0. The summed E-state index contributed by atoms with van der Waals surface area (Å²) < 4.78 is 37.6.